The van der Waals surface area contributed by atoms with Crippen molar-refractivity contribution in [2.75, 3.05) is 16.4 Å². The molecule has 0 saturated carbocycles. The molecule has 0 aliphatic rings. The fourth-order valence-corrected chi connectivity index (χ4v) is 1.50. The summed E-state index contributed by atoms with van der Waals surface area (Å²) in [6.07, 6.45) is 1.51. The smallest absolute Gasteiger partial charge is 0.323 e. The Morgan fingerprint density at radius 2 is 1.94 bits per heavy atom. The summed E-state index contributed by atoms with van der Waals surface area (Å²) in [4.78, 5) is 15.6. The second kappa shape index (κ2) is 5.18. The Morgan fingerprint density at radius 3 is 2.61 bits per heavy atom. The number of nitrogens with two attached hydrogens (primary N) is 1. The highest BCUT2D eigenvalue weighted by Gasteiger charge is 2.02. The molecule has 2 amide bonds. The van der Waals surface area contributed by atoms with Crippen LogP contribution in [0.4, 0.5) is 22.0 Å². The Kier molecular flexibility index (Phi) is 3.43. The number of rotatable bonds is 2. The minimum atomic E-state index is -0.313. The Balaban J connectivity index is 1.98. The van der Waals surface area contributed by atoms with Gasteiger partial charge in [0.05, 0.1) is 11.9 Å². The second-order valence-electron chi connectivity index (χ2n) is 3.92. The van der Waals surface area contributed by atoms with Crippen LogP contribution in [0.15, 0.2) is 42.6 Å². The summed E-state index contributed by atoms with van der Waals surface area (Å²) in [6, 6.07) is 10.6. The van der Waals surface area contributed by atoms with Crippen LogP contribution in [0.3, 0.4) is 0 Å². The number of anilines is 3. The molecule has 0 atom stereocenters. The van der Waals surface area contributed by atoms with Crippen molar-refractivity contribution in [2.45, 2.75) is 6.92 Å². The van der Waals surface area contributed by atoms with E-state index < -0.39 is 0 Å². The van der Waals surface area contributed by atoms with Gasteiger partial charge in [-0.15, -0.1) is 0 Å². The Labute approximate surface area is 105 Å². The maximum Gasteiger partial charge on any atom is 0.323 e. The predicted octanol–water partition coefficient (Wildman–Crippen LogP) is 2.62. The van der Waals surface area contributed by atoms with Gasteiger partial charge in [0, 0.05) is 5.69 Å². The van der Waals surface area contributed by atoms with E-state index in [2.05, 4.69) is 15.6 Å². The molecule has 5 nitrogen and oxygen atoms in total. The van der Waals surface area contributed by atoms with Crippen molar-refractivity contribution < 1.29 is 4.79 Å². The number of hydrogen-bond donors (Lipinski definition) is 3. The van der Waals surface area contributed by atoms with Crippen molar-refractivity contribution in [2.24, 2.45) is 0 Å². The zero-order chi connectivity index (χ0) is 13.0. The highest BCUT2D eigenvalue weighted by atomic mass is 16.2. The maximum atomic E-state index is 11.7. The summed E-state index contributed by atoms with van der Waals surface area (Å²) in [5, 5.41) is 5.41. The van der Waals surface area contributed by atoms with Crippen LogP contribution in [-0.4, -0.2) is 11.0 Å². The van der Waals surface area contributed by atoms with Gasteiger partial charge in [0.15, 0.2) is 0 Å². The minimum Gasteiger partial charge on any atom is -0.384 e. The molecule has 1 aromatic carbocycles. The van der Waals surface area contributed by atoms with Crippen LogP contribution >= 0.6 is 0 Å². The molecule has 0 radical (unpaired) electrons. The first-order valence-electron chi connectivity index (χ1n) is 5.50. The third-order valence-corrected chi connectivity index (χ3v) is 2.32. The predicted molar refractivity (Wildman–Crippen MR) is 72.5 cm³/mol. The third kappa shape index (κ3) is 3.21. The average molecular weight is 242 g/mol. The average Bonchev–Trinajstić information content (AvgIpc) is 2.32. The number of nitrogens with one attached hydrogen (secondary N) is 2. The standard InChI is InChI=1S/C13H14N4O/c1-9-3-2-4-10(7-9)16-13(18)17-11-5-6-12(14)15-8-11/h2-8H,1H3,(H2,14,15)(H2,16,17,18). The van der Waals surface area contributed by atoms with Crippen molar-refractivity contribution in [3.63, 3.8) is 0 Å². The molecule has 4 N–H and O–H groups in total. The number of aromatic nitrogens is 1. The van der Waals surface area contributed by atoms with Gasteiger partial charge in [-0.3, -0.25) is 0 Å². The number of nitrogen functional groups attached to an aromatic ring is 1. The van der Waals surface area contributed by atoms with Gasteiger partial charge < -0.3 is 16.4 Å². The van der Waals surface area contributed by atoms with Crippen molar-refractivity contribution in [1.82, 2.24) is 4.98 Å². The van der Waals surface area contributed by atoms with Crippen LogP contribution < -0.4 is 16.4 Å². The van der Waals surface area contributed by atoms with E-state index in [9.17, 15) is 4.79 Å². The Bertz CT molecular complexity index is 551. The van der Waals surface area contributed by atoms with Gasteiger partial charge in [0.1, 0.15) is 5.82 Å². The van der Waals surface area contributed by atoms with Crippen LogP contribution in [0.5, 0.6) is 0 Å². The molecule has 0 aliphatic heterocycles. The van der Waals surface area contributed by atoms with Crippen molar-refractivity contribution >= 4 is 23.2 Å². The molecule has 92 valence electrons. The number of carbonyl (C=O) groups excluding carboxylic acids is 1. The fourth-order valence-electron chi connectivity index (χ4n) is 1.50. The molecule has 1 aromatic heterocycles. The molecule has 0 unspecified atom stereocenters. The first-order valence-corrected chi connectivity index (χ1v) is 5.50. The van der Waals surface area contributed by atoms with Crippen LogP contribution in [-0.2, 0) is 0 Å². The zero-order valence-electron chi connectivity index (χ0n) is 9.97. The quantitative estimate of drug-likeness (QED) is 0.757. The summed E-state index contributed by atoms with van der Waals surface area (Å²) >= 11 is 0. The van der Waals surface area contributed by atoms with Crippen LogP contribution in [0.1, 0.15) is 5.56 Å². The van der Waals surface area contributed by atoms with E-state index in [4.69, 9.17) is 5.73 Å². The molecule has 0 bridgehead atoms. The van der Waals surface area contributed by atoms with E-state index in [-0.39, 0.29) is 6.03 Å². The SMILES string of the molecule is Cc1cccc(NC(=O)Nc2ccc(N)nc2)c1. The fraction of sp³-hybridized carbons (Fsp3) is 0.0769. The molecule has 1 heterocycles. The third-order valence-electron chi connectivity index (χ3n) is 2.32. The van der Waals surface area contributed by atoms with Gasteiger partial charge in [-0.1, -0.05) is 12.1 Å². The summed E-state index contributed by atoms with van der Waals surface area (Å²) in [5.74, 6) is 0.416. The highest BCUT2D eigenvalue weighted by molar-refractivity contribution is 5.99. The number of pyridine rings is 1. The van der Waals surface area contributed by atoms with E-state index >= 15 is 0 Å². The van der Waals surface area contributed by atoms with Crippen LogP contribution in [0.2, 0.25) is 0 Å². The molecule has 0 aliphatic carbocycles. The summed E-state index contributed by atoms with van der Waals surface area (Å²) in [5.41, 5.74) is 7.88. The molecular formula is C13H14N4O. The van der Waals surface area contributed by atoms with Crippen molar-refractivity contribution in [3.8, 4) is 0 Å². The van der Waals surface area contributed by atoms with Gasteiger partial charge in [0.25, 0.3) is 0 Å². The number of carbonyl (C=O) groups is 1. The first kappa shape index (κ1) is 11.9. The Morgan fingerprint density at radius 1 is 1.17 bits per heavy atom. The number of nitrogens with zero attached hydrogens (tertiary/aromatic N) is 1. The van der Waals surface area contributed by atoms with Crippen molar-refractivity contribution in [3.05, 3.63) is 48.2 Å². The van der Waals surface area contributed by atoms with Gasteiger partial charge in [-0.25, -0.2) is 9.78 Å². The maximum absolute atomic E-state index is 11.7. The molecule has 2 aromatic rings. The summed E-state index contributed by atoms with van der Waals surface area (Å²) < 4.78 is 0. The molecule has 0 spiro atoms. The minimum absolute atomic E-state index is 0.313. The lowest BCUT2D eigenvalue weighted by Gasteiger charge is -2.07. The number of benzene rings is 1. The van der Waals surface area contributed by atoms with Gasteiger partial charge in [0.2, 0.25) is 0 Å². The number of amides is 2. The lowest BCUT2D eigenvalue weighted by atomic mass is 10.2. The van der Waals surface area contributed by atoms with E-state index in [0.717, 1.165) is 11.3 Å². The zero-order valence-corrected chi connectivity index (χ0v) is 9.97. The molecule has 18 heavy (non-hydrogen) atoms. The largest absolute Gasteiger partial charge is 0.384 e. The van der Waals surface area contributed by atoms with E-state index in [0.29, 0.717) is 11.5 Å². The molecule has 2 rings (SSSR count). The molecule has 5 heteroatoms. The van der Waals surface area contributed by atoms with E-state index in [1.807, 2.05) is 31.2 Å². The summed E-state index contributed by atoms with van der Waals surface area (Å²) in [6.45, 7) is 1.97. The summed E-state index contributed by atoms with van der Waals surface area (Å²) in [7, 11) is 0. The second-order valence-corrected chi connectivity index (χ2v) is 3.92. The number of hydrogen-bond acceptors (Lipinski definition) is 3. The Hall–Kier alpha value is -2.56. The molecule has 0 saturated heterocycles. The van der Waals surface area contributed by atoms with Gasteiger partial charge >= 0.3 is 6.03 Å². The molecular weight excluding hydrogens is 228 g/mol. The highest BCUT2D eigenvalue weighted by Crippen LogP contribution is 2.11. The van der Waals surface area contributed by atoms with Gasteiger partial charge in [-0.05, 0) is 36.8 Å². The van der Waals surface area contributed by atoms with Crippen LogP contribution in [0.25, 0.3) is 0 Å². The number of urea groups is 1. The molecule has 0 fully saturated rings. The lowest BCUT2D eigenvalue weighted by Crippen LogP contribution is -2.19. The van der Waals surface area contributed by atoms with E-state index in [1.54, 1.807) is 12.1 Å². The topological polar surface area (TPSA) is 80.0 Å². The first-order chi connectivity index (χ1) is 8.63. The monoisotopic (exact) mass is 242 g/mol. The number of aryl methyl sites for hydroxylation is 1. The van der Waals surface area contributed by atoms with E-state index in [1.165, 1.54) is 6.20 Å². The lowest BCUT2D eigenvalue weighted by molar-refractivity contribution is 0.262. The van der Waals surface area contributed by atoms with Crippen LogP contribution in [0, 0.1) is 6.92 Å². The normalized spacial score (nSPS) is 9.83. The van der Waals surface area contributed by atoms with Gasteiger partial charge in [-0.2, -0.15) is 0 Å². The van der Waals surface area contributed by atoms with Crippen molar-refractivity contribution in [1.29, 1.82) is 0 Å².